The summed E-state index contributed by atoms with van der Waals surface area (Å²) < 4.78 is 31.3. The number of sulfonamides is 1. The minimum atomic E-state index is -3.70. The molecular formula is C16H26N2O4S. The number of hydrogen-bond acceptors (Lipinski definition) is 4. The van der Waals surface area contributed by atoms with Crippen molar-refractivity contribution in [3.63, 3.8) is 0 Å². The monoisotopic (exact) mass is 342 g/mol. The van der Waals surface area contributed by atoms with Gasteiger partial charge in [-0.3, -0.25) is 4.79 Å². The Balaban J connectivity index is 2.73. The summed E-state index contributed by atoms with van der Waals surface area (Å²) in [5.41, 5.74) is 0. The Bertz CT molecular complexity index is 599. The lowest BCUT2D eigenvalue weighted by atomic mass is 10.2. The van der Waals surface area contributed by atoms with Crippen LogP contribution in [0.25, 0.3) is 0 Å². The third-order valence-corrected chi connectivity index (χ3v) is 5.16. The zero-order valence-corrected chi connectivity index (χ0v) is 15.0. The van der Waals surface area contributed by atoms with Gasteiger partial charge >= 0.3 is 0 Å². The third-order valence-electron chi connectivity index (χ3n) is 3.34. The number of nitrogens with zero attached hydrogens (tertiary/aromatic N) is 1. The highest BCUT2D eigenvalue weighted by Gasteiger charge is 2.23. The SMILES string of the molecule is CCC[C@@H](C)NC(=O)CN(C)S(=O)(=O)c1ccc(OCC)cc1. The number of amides is 1. The zero-order chi connectivity index (χ0) is 17.5. The summed E-state index contributed by atoms with van der Waals surface area (Å²) in [6.07, 6.45) is 1.82. The molecule has 0 aliphatic heterocycles. The van der Waals surface area contributed by atoms with Crippen molar-refractivity contribution in [1.82, 2.24) is 9.62 Å². The van der Waals surface area contributed by atoms with Gasteiger partial charge in [0.25, 0.3) is 0 Å². The average Bonchev–Trinajstić information content (AvgIpc) is 2.48. The molecule has 1 atom stereocenters. The van der Waals surface area contributed by atoms with Crippen molar-refractivity contribution < 1.29 is 17.9 Å². The lowest BCUT2D eigenvalue weighted by Crippen LogP contribution is -2.41. The summed E-state index contributed by atoms with van der Waals surface area (Å²) in [6, 6.07) is 6.21. The summed E-state index contributed by atoms with van der Waals surface area (Å²) >= 11 is 0. The van der Waals surface area contributed by atoms with Crippen LogP contribution in [-0.4, -0.2) is 44.9 Å². The molecule has 1 N–H and O–H groups in total. The first kappa shape index (κ1) is 19.4. The first-order chi connectivity index (χ1) is 10.8. The second-order valence-electron chi connectivity index (χ2n) is 5.42. The molecule has 0 saturated carbocycles. The van der Waals surface area contributed by atoms with E-state index in [9.17, 15) is 13.2 Å². The Hall–Kier alpha value is -1.60. The smallest absolute Gasteiger partial charge is 0.243 e. The summed E-state index contributed by atoms with van der Waals surface area (Å²) in [5, 5.41) is 2.80. The van der Waals surface area contributed by atoms with E-state index in [4.69, 9.17) is 4.74 Å². The molecule has 0 aromatic heterocycles. The number of carbonyl (C=O) groups is 1. The minimum Gasteiger partial charge on any atom is -0.494 e. The summed E-state index contributed by atoms with van der Waals surface area (Å²) in [6.45, 7) is 6.11. The number of hydrogen-bond donors (Lipinski definition) is 1. The van der Waals surface area contributed by atoms with Crippen LogP contribution in [0, 0.1) is 0 Å². The van der Waals surface area contributed by atoms with Gasteiger partial charge in [0.2, 0.25) is 15.9 Å². The summed E-state index contributed by atoms with van der Waals surface area (Å²) in [4.78, 5) is 12.1. The van der Waals surface area contributed by atoms with Gasteiger partial charge in [0.1, 0.15) is 5.75 Å². The first-order valence-electron chi connectivity index (χ1n) is 7.79. The van der Waals surface area contributed by atoms with Crippen LogP contribution in [-0.2, 0) is 14.8 Å². The van der Waals surface area contributed by atoms with Crippen molar-refractivity contribution in [2.24, 2.45) is 0 Å². The molecule has 0 aliphatic carbocycles. The molecule has 0 fully saturated rings. The molecule has 0 bridgehead atoms. The molecule has 0 aliphatic rings. The van der Waals surface area contributed by atoms with E-state index in [1.165, 1.54) is 19.2 Å². The van der Waals surface area contributed by atoms with Crippen LogP contribution in [0.15, 0.2) is 29.2 Å². The largest absolute Gasteiger partial charge is 0.494 e. The lowest BCUT2D eigenvalue weighted by molar-refractivity contribution is -0.121. The van der Waals surface area contributed by atoms with E-state index < -0.39 is 10.0 Å². The van der Waals surface area contributed by atoms with Crippen LogP contribution in [0.1, 0.15) is 33.6 Å². The van der Waals surface area contributed by atoms with Crippen molar-refractivity contribution in [2.75, 3.05) is 20.2 Å². The van der Waals surface area contributed by atoms with Crippen molar-refractivity contribution in [3.8, 4) is 5.75 Å². The molecule has 0 saturated heterocycles. The fourth-order valence-corrected chi connectivity index (χ4v) is 3.29. The molecule has 23 heavy (non-hydrogen) atoms. The van der Waals surface area contributed by atoms with Gasteiger partial charge in [0.05, 0.1) is 18.0 Å². The predicted molar refractivity (Wildman–Crippen MR) is 89.9 cm³/mol. The topological polar surface area (TPSA) is 75.7 Å². The molecule has 1 aromatic carbocycles. The highest BCUT2D eigenvalue weighted by atomic mass is 32.2. The highest BCUT2D eigenvalue weighted by molar-refractivity contribution is 7.89. The quantitative estimate of drug-likeness (QED) is 0.745. The van der Waals surface area contributed by atoms with E-state index in [1.807, 2.05) is 20.8 Å². The average molecular weight is 342 g/mol. The maximum absolute atomic E-state index is 12.5. The maximum atomic E-state index is 12.5. The third kappa shape index (κ3) is 5.84. The minimum absolute atomic E-state index is 0.0362. The molecule has 1 aromatic rings. The molecule has 1 amide bonds. The summed E-state index contributed by atoms with van der Waals surface area (Å²) in [5.74, 6) is 0.309. The van der Waals surface area contributed by atoms with Gasteiger partial charge in [0, 0.05) is 13.1 Å². The Morgan fingerprint density at radius 3 is 2.39 bits per heavy atom. The molecule has 0 radical (unpaired) electrons. The molecule has 130 valence electrons. The molecule has 6 nitrogen and oxygen atoms in total. The molecule has 1 rings (SSSR count). The number of ether oxygens (including phenoxy) is 1. The van der Waals surface area contributed by atoms with Crippen LogP contribution in [0.5, 0.6) is 5.75 Å². The van der Waals surface area contributed by atoms with Gasteiger partial charge in [-0.2, -0.15) is 4.31 Å². The number of rotatable bonds is 9. The number of benzene rings is 1. The van der Waals surface area contributed by atoms with E-state index in [2.05, 4.69) is 5.32 Å². The van der Waals surface area contributed by atoms with Crippen LogP contribution in [0.3, 0.4) is 0 Å². The Morgan fingerprint density at radius 2 is 1.87 bits per heavy atom. The normalized spacial score (nSPS) is 12.9. The van der Waals surface area contributed by atoms with Crippen molar-refractivity contribution >= 4 is 15.9 Å². The second kappa shape index (κ2) is 8.88. The Morgan fingerprint density at radius 1 is 1.26 bits per heavy atom. The van der Waals surface area contributed by atoms with Gasteiger partial charge < -0.3 is 10.1 Å². The summed E-state index contributed by atoms with van der Waals surface area (Å²) in [7, 11) is -2.30. The van der Waals surface area contributed by atoms with Crippen LogP contribution >= 0.6 is 0 Å². The Labute approximate surface area is 138 Å². The second-order valence-corrected chi connectivity index (χ2v) is 7.47. The van der Waals surface area contributed by atoms with E-state index in [0.717, 1.165) is 17.1 Å². The molecule has 0 heterocycles. The van der Waals surface area contributed by atoms with Gasteiger partial charge in [-0.15, -0.1) is 0 Å². The van der Waals surface area contributed by atoms with Crippen LogP contribution in [0.2, 0.25) is 0 Å². The molecule has 0 spiro atoms. The fourth-order valence-electron chi connectivity index (χ4n) is 2.17. The number of carbonyl (C=O) groups excluding carboxylic acids is 1. The van der Waals surface area contributed by atoms with Crippen molar-refractivity contribution in [3.05, 3.63) is 24.3 Å². The Kier molecular flexibility index (Phi) is 7.51. The van der Waals surface area contributed by atoms with E-state index >= 15 is 0 Å². The van der Waals surface area contributed by atoms with Crippen LogP contribution in [0.4, 0.5) is 0 Å². The maximum Gasteiger partial charge on any atom is 0.243 e. The number of likely N-dealkylation sites (N-methyl/N-ethyl adjacent to an activating group) is 1. The lowest BCUT2D eigenvalue weighted by Gasteiger charge is -2.19. The van der Waals surface area contributed by atoms with Crippen molar-refractivity contribution in [2.45, 2.75) is 44.6 Å². The van der Waals surface area contributed by atoms with Gasteiger partial charge in [-0.05, 0) is 44.5 Å². The van der Waals surface area contributed by atoms with Gasteiger partial charge in [0.15, 0.2) is 0 Å². The zero-order valence-electron chi connectivity index (χ0n) is 14.2. The van der Waals surface area contributed by atoms with Gasteiger partial charge in [-0.1, -0.05) is 13.3 Å². The number of nitrogens with one attached hydrogen (secondary N) is 1. The van der Waals surface area contributed by atoms with Crippen LogP contribution < -0.4 is 10.1 Å². The van der Waals surface area contributed by atoms with E-state index in [0.29, 0.717) is 12.4 Å². The van der Waals surface area contributed by atoms with E-state index in [1.54, 1.807) is 12.1 Å². The predicted octanol–water partition coefficient (Wildman–Crippen LogP) is 2.01. The highest BCUT2D eigenvalue weighted by Crippen LogP contribution is 2.18. The molecular weight excluding hydrogens is 316 g/mol. The standard InChI is InChI=1S/C16H26N2O4S/c1-5-7-13(3)17-16(19)12-18(4)23(20,21)15-10-8-14(9-11-15)22-6-2/h8-11,13H,5-7,12H2,1-4H3,(H,17,19)/t13-/m1/s1. The molecule has 0 unspecified atom stereocenters. The van der Waals surface area contributed by atoms with Gasteiger partial charge in [-0.25, -0.2) is 8.42 Å². The molecule has 7 heteroatoms. The first-order valence-corrected chi connectivity index (χ1v) is 9.23. The van der Waals surface area contributed by atoms with E-state index in [-0.39, 0.29) is 23.4 Å². The fraction of sp³-hybridized carbons (Fsp3) is 0.562. The van der Waals surface area contributed by atoms with Crippen molar-refractivity contribution in [1.29, 1.82) is 0 Å².